The summed E-state index contributed by atoms with van der Waals surface area (Å²) in [4.78, 5) is 2.58. The predicted octanol–water partition coefficient (Wildman–Crippen LogP) is 2.12. The molecule has 0 aromatic heterocycles. The average Bonchev–Trinajstić information content (AvgIpc) is 2.29. The van der Waals surface area contributed by atoms with Crippen LogP contribution in [0.15, 0.2) is 0 Å². The summed E-state index contributed by atoms with van der Waals surface area (Å²) in [6, 6.07) is 0.561. The van der Waals surface area contributed by atoms with Crippen molar-refractivity contribution in [2.24, 2.45) is 5.92 Å². The minimum atomic E-state index is 0.212. The van der Waals surface area contributed by atoms with Gasteiger partial charge in [-0.15, -0.1) is 0 Å². The molecule has 3 heteroatoms. The van der Waals surface area contributed by atoms with Crippen LogP contribution in [0, 0.1) is 5.92 Å². The van der Waals surface area contributed by atoms with Crippen molar-refractivity contribution in [1.82, 2.24) is 10.2 Å². The lowest BCUT2D eigenvalue weighted by atomic mass is 9.86. The Bertz CT molecular complexity index is 210. The maximum atomic E-state index is 5.45. The Balaban J connectivity index is 2.66. The minimum absolute atomic E-state index is 0.212. The van der Waals surface area contributed by atoms with E-state index in [4.69, 9.17) is 4.74 Å². The first-order valence-electron chi connectivity index (χ1n) is 7.04. The molecule has 1 unspecified atom stereocenters. The molecular formula is C14H30N2O. The smallest absolute Gasteiger partial charge is 0.0594 e. The topological polar surface area (TPSA) is 24.5 Å². The highest BCUT2D eigenvalue weighted by Gasteiger charge is 2.35. The molecule has 0 radical (unpaired) electrons. The molecule has 0 aliphatic carbocycles. The Hall–Kier alpha value is -0.120. The van der Waals surface area contributed by atoms with Gasteiger partial charge in [-0.05, 0) is 32.7 Å². The first-order valence-corrected chi connectivity index (χ1v) is 7.04. The second kappa shape index (κ2) is 6.72. The van der Waals surface area contributed by atoms with E-state index in [1.54, 1.807) is 0 Å². The summed E-state index contributed by atoms with van der Waals surface area (Å²) in [5, 5.41) is 3.67. The van der Waals surface area contributed by atoms with E-state index >= 15 is 0 Å². The van der Waals surface area contributed by atoms with Crippen LogP contribution in [0.25, 0.3) is 0 Å². The molecule has 1 fully saturated rings. The maximum Gasteiger partial charge on any atom is 0.0594 e. The van der Waals surface area contributed by atoms with E-state index < -0.39 is 0 Å². The Morgan fingerprint density at radius 3 is 2.29 bits per heavy atom. The molecule has 1 aliphatic heterocycles. The number of nitrogens with zero attached hydrogens (tertiary/aromatic N) is 1. The van der Waals surface area contributed by atoms with Crippen LogP contribution in [0.5, 0.6) is 0 Å². The molecule has 0 aromatic carbocycles. The van der Waals surface area contributed by atoms with E-state index in [1.165, 1.54) is 6.42 Å². The molecular weight excluding hydrogens is 212 g/mol. The largest absolute Gasteiger partial charge is 0.379 e. The molecule has 0 bridgehead atoms. The zero-order valence-corrected chi connectivity index (χ0v) is 12.3. The second-order valence-corrected chi connectivity index (χ2v) is 5.99. The van der Waals surface area contributed by atoms with Gasteiger partial charge in [0.2, 0.25) is 0 Å². The fraction of sp³-hybridized carbons (Fsp3) is 1.00. The lowest BCUT2D eigenvalue weighted by Crippen LogP contribution is -2.60. The van der Waals surface area contributed by atoms with E-state index in [9.17, 15) is 0 Å². The van der Waals surface area contributed by atoms with Gasteiger partial charge in [-0.1, -0.05) is 20.8 Å². The number of hydrogen-bond donors (Lipinski definition) is 1. The van der Waals surface area contributed by atoms with Crippen molar-refractivity contribution in [3.8, 4) is 0 Å². The lowest BCUT2D eigenvalue weighted by molar-refractivity contribution is -0.0256. The lowest BCUT2D eigenvalue weighted by Gasteiger charge is -2.46. The molecule has 1 aliphatic rings. The van der Waals surface area contributed by atoms with Gasteiger partial charge in [0.1, 0.15) is 0 Å². The fourth-order valence-electron chi connectivity index (χ4n) is 2.70. The van der Waals surface area contributed by atoms with Crippen LogP contribution < -0.4 is 5.32 Å². The summed E-state index contributed by atoms with van der Waals surface area (Å²) in [7, 11) is 0. The number of ether oxygens (including phenoxy) is 1. The molecule has 1 atom stereocenters. The molecule has 1 saturated heterocycles. The van der Waals surface area contributed by atoms with Crippen molar-refractivity contribution >= 4 is 0 Å². The zero-order valence-electron chi connectivity index (χ0n) is 12.3. The van der Waals surface area contributed by atoms with Gasteiger partial charge in [0.05, 0.1) is 13.2 Å². The minimum Gasteiger partial charge on any atom is -0.379 e. The van der Waals surface area contributed by atoms with Crippen LogP contribution in [0.1, 0.15) is 41.0 Å². The van der Waals surface area contributed by atoms with Crippen LogP contribution in [0.2, 0.25) is 0 Å². The van der Waals surface area contributed by atoms with Crippen molar-refractivity contribution in [3.63, 3.8) is 0 Å². The molecule has 0 spiro atoms. The van der Waals surface area contributed by atoms with Crippen LogP contribution in [-0.2, 0) is 4.74 Å². The van der Waals surface area contributed by atoms with Crippen LogP contribution in [0.4, 0.5) is 0 Å². The Morgan fingerprint density at radius 1 is 1.24 bits per heavy atom. The molecule has 1 heterocycles. The SMILES string of the molecule is CCNC(CC(C)C)C(C)(C)N1CCOCC1. The second-order valence-electron chi connectivity index (χ2n) is 5.99. The Morgan fingerprint density at radius 2 is 1.82 bits per heavy atom. The third-order valence-corrected chi connectivity index (χ3v) is 3.84. The van der Waals surface area contributed by atoms with Crippen molar-refractivity contribution in [1.29, 1.82) is 0 Å². The molecule has 102 valence electrons. The molecule has 3 nitrogen and oxygen atoms in total. The van der Waals surface area contributed by atoms with Gasteiger partial charge in [0, 0.05) is 24.7 Å². The Kier molecular flexibility index (Phi) is 5.90. The number of hydrogen-bond acceptors (Lipinski definition) is 3. The standard InChI is InChI=1S/C14H30N2O/c1-6-15-13(11-12(2)3)14(4,5)16-7-9-17-10-8-16/h12-13,15H,6-11H2,1-5H3. The third kappa shape index (κ3) is 4.23. The highest BCUT2D eigenvalue weighted by atomic mass is 16.5. The van der Waals surface area contributed by atoms with Gasteiger partial charge >= 0.3 is 0 Å². The molecule has 17 heavy (non-hydrogen) atoms. The monoisotopic (exact) mass is 242 g/mol. The normalized spacial score (nSPS) is 20.8. The predicted molar refractivity (Wildman–Crippen MR) is 73.4 cm³/mol. The van der Waals surface area contributed by atoms with Crippen molar-refractivity contribution in [2.45, 2.75) is 52.6 Å². The molecule has 1 rings (SSSR count). The van der Waals surface area contributed by atoms with Gasteiger partial charge in [0.15, 0.2) is 0 Å². The van der Waals surface area contributed by atoms with Crippen molar-refractivity contribution < 1.29 is 4.74 Å². The highest BCUT2D eigenvalue weighted by molar-refractivity contribution is 4.94. The van der Waals surface area contributed by atoms with Gasteiger partial charge in [-0.3, -0.25) is 4.90 Å². The van der Waals surface area contributed by atoms with Crippen molar-refractivity contribution in [2.75, 3.05) is 32.8 Å². The average molecular weight is 242 g/mol. The number of morpholine rings is 1. The number of nitrogens with one attached hydrogen (secondary N) is 1. The summed E-state index contributed by atoms with van der Waals surface area (Å²) >= 11 is 0. The summed E-state index contributed by atoms with van der Waals surface area (Å²) in [6.07, 6.45) is 1.23. The molecule has 1 N–H and O–H groups in total. The molecule has 0 aromatic rings. The van der Waals surface area contributed by atoms with E-state index in [0.29, 0.717) is 6.04 Å². The summed E-state index contributed by atoms with van der Waals surface area (Å²) < 4.78 is 5.45. The van der Waals surface area contributed by atoms with Gasteiger partial charge < -0.3 is 10.1 Å². The quantitative estimate of drug-likeness (QED) is 0.772. The maximum absolute atomic E-state index is 5.45. The van der Waals surface area contributed by atoms with E-state index in [1.807, 2.05) is 0 Å². The number of likely N-dealkylation sites (N-methyl/N-ethyl adjacent to an activating group) is 1. The van der Waals surface area contributed by atoms with Gasteiger partial charge in [-0.25, -0.2) is 0 Å². The first kappa shape index (κ1) is 14.9. The zero-order chi connectivity index (χ0) is 12.9. The van der Waals surface area contributed by atoms with Crippen LogP contribution in [-0.4, -0.2) is 49.3 Å². The summed E-state index contributed by atoms with van der Waals surface area (Å²) in [5.41, 5.74) is 0.212. The van der Waals surface area contributed by atoms with Crippen LogP contribution in [0.3, 0.4) is 0 Å². The highest BCUT2D eigenvalue weighted by Crippen LogP contribution is 2.24. The molecule has 0 amide bonds. The van der Waals surface area contributed by atoms with Gasteiger partial charge in [0.25, 0.3) is 0 Å². The van der Waals surface area contributed by atoms with E-state index in [-0.39, 0.29) is 5.54 Å². The first-order chi connectivity index (χ1) is 7.98. The van der Waals surface area contributed by atoms with Gasteiger partial charge in [-0.2, -0.15) is 0 Å². The van der Waals surface area contributed by atoms with E-state index in [2.05, 4.69) is 44.8 Å². The summed E-state index contributed by atoms with van der Waals surface area (Å²) in [6.45, 7) is 16.5. The fourth-order valence-corrected chi connectivity index (χ4v) is 2.70. The van der Waals surface area contributed by atoms with E-state index in [0.717, 1.165) is 38.8 Å². The Labute approximate surface area is 107 Å². The molecule has 0 saturated carbocycles. The number of rotatable bonds is 6. The third-order valence-electron chi connectivity index (χ3n) is 3.84. The summed E-state index contributed by atoms with van der Waals surface area (Å²) in [5.74, 6) is 0.736. The van der Waals surface area contributed by atoms with Crippen LogP contribution >= 0.6 is 0 Å². The van der Waals surface area contributed by atoms with Crippen molar-refractivity contribution in [3.05, 3.63) is 0 Å².